The first-order valence-corrected chi connectivity index (χ1v) is 16.1. The van der Waals surface area contributed by atoms with Crippen molar-refractivity contribution in [1.82, 2.24) is 19.9 Å². The number of aromatic amines is 2. The summed E-state index contributed by atoms with van der Waals surface area (Å²) in [6, 6.07) is 15.7. The maximum absolute atomic E-state index is 15.6. The summed E-state index contributed by atoms with van der Waals surface area (Å²) in [6.07, 6.45) is 9.47. The predicted molar refractivity (Wildman–Crippen MR) is 174 cm³/mol. The Morgan fingerprint density at radius 2 is 1.93 bits per heavy atom. The van der Waals surface area contributed by atoms with Crippen LogP contribution in [0.25, 0.3) is 22.3 Å². The number of thiazole rings is 1. The number of hydrogen-bond donors (Lipinski definition) is 3. The number of carboxylic acids is 1. The summed E-state index contributed by atoms with van der Waals surface area (Å²) in [4.78, 5) is 28.2. The van der Waals surface area contributed by atoms with E-state index >= 15 is 8.78 Å². The smallest absolute Gasteiger partial charge is 0.303 e. The lowest BCUT2D eigenvalue weighted by Crippen LogP contribution is -2.25. The van der Waals surface area contributed by atoms with Gasteiger partial charge in [0.2, 0.25) is 0 Å². The number of hydrogen-bond acceptors (Lipinski definition) is 5. The molecule has 3 N–H and O–H groups in total. The van der Waals surface area contributed by atoms with Gasteiger partial charge in [-0.25, -0.2) is 18.7 Å². The zero-order valence-electron chi connectivity index (χ0n) is 25.2. The molecule has 1 aliphatic heterocycles. The molecule has 0 fully saturated rings. The first kappa shape index (κ1) is 29.9. The van der Waals surface area contributed by atoms with Crippen molar-refractivity contribution < 1.29 is 23.4 Å². The van der Waals surface area contributed by atoms with Gasteiger partial charge in [-0.1, -0.05) is 24.3 Å². The van der Waals surface area contributed by atoms with E-state index in [0.29, 0.717) is 30.6 Å². The Labute approximate surface area is 268 Å². The lowest BCUT2D eigenvalue weighted by molar-refractivity contribution is -0.136. The molecule has 10 heteroatoms. The molecule has 6 aromatic rings. The predicted octanol–water partition coefficient (Wildman–Crippen LogP) is 8.53. The number of aliphatic carboxylic acids is 1. The molecule has 0 saturated carbocycles. The zero-order valence-corrected chi connectivity index (χ0v) is 26.0. The Morgan fingerprint density at radius 3 is 2.80 bits per heavy atom. The molecule has 1 aliphatic rings. The van der Waals surface area contributed by atoms with Crippen molar-refractivity contribution >= 4 is 28.2 Å². The Balaban J connectivity index is 1.33. The molecule has 6 bridgehead atoms. The van der Waals surface area contributed by atoms with Gasteiger partial charge >= 0.3 is 5.97 Å². The first-order valence-electron chi connectivity index (χ1n) is 15.3. The van der Waals surface area contributed by atoms with E-state index in [2.05, 4.69) is 27.9 Å². The zero-order chi connectivity index (χ0) is 31.8. The van der Waals surface area contributed by atoms with E-state index in [1.165, 1.54) is 23.1 Å². The van der Waals surface area contributed by atoms with Crippen LogP contribution in [-0.2, 0) is 35.9 Å². The molecule has 4 heterocycles. The van der Waals surface area contributed by atoms with Crippen LogP contribution < -0.4 is 4.74 Å². The monoisotopic (exact) mass is 638 g/mol. The minimum Gasteiger partial charge on any atom is -0.481 e. The first-order chi connectivity index (χ1) is 22.3. The third-order valence-corrected chi connectivity index (χ3v) is 10.0. The molecule has 234 valence electrons. The fourth-order valence-corrected chi connectivity index (χ4v) is 7.33. The molecule has 7 nitrogen and oxygen atoms in total. The molecule has 0 aliphatic carbocycles. The number of ether oxygens (including phenoxy) is 1. The number of nitrogens with zero attached hydrogens (tertiary/aromatic N) is 2. The van der Waals surface area contributed by atoms with E-state index in [0.717, 1.165) is 52.0 Å². The van der Waals surface area contributed by atoms with Gasteiger partial charge in [0.25, 0.3) is 0 Å². The topological polar surface area (TPSA) is 104 Å². The normalized spacial score (nSPS) is 16.8. The van der Waals surface area contributed by atoms with Gasteiger partial charge in [0, 0.05) is 70.0 Å². The Morgan fingerprint density at radius 1 is 1.04 bits per heavy atom. The quantitative estimate of drug-likeness (QED) is 0.180. The van der Waals surface area contributed by atoms with E-state index in [1.54, 1.807) is 29.8 Å². The summed E-state index contributed by atoms with van der Waals surface area (Å²) in [5.41, 5.74) is 3.85. The number of aromatic nitrogens is 4. The average Bonchev–Trinajstić information content (AvgIpc) is 3.82. The minimum atomic E-state index is -0.841. The van der Waals surface area contributed by atoms with Crippen LogP contribution in [0.15, 0.2) is 73.2 Å². The Bertz CT molecular complexity index is 2070. The second-order valence-electron chi connectivity index (χ2n) is 12.0. The van der Waals surface area contributed by atoms with Crippen molar-refractivity contribution in [3.63, 3.8) is 0 Å². The lowest BCUT2D eigenvalue weighted by Gasteiger charge is -2.30. The maximum atomic E-state index is 15.6. The molecular formula is C36H32F2N4O3S. The highest BCUT2D eigenvalue weighted by Crippen LogP contribution is 2.40. The van der Waals surface area contributed by atoms with E-state index in [1.807, 2.05) is 30.5 Å². The summed E-state index contributed by atoms with van der Waals surface area (Å²) in [5, 5.41) is 11.1. The van der Waals surface area contributed by atoms with Gasteiger partial charge in [-0.2, -0.15) is 0 Å². The summed E-state index contributed by atoms with van der Waals surface area (Å²) in [5.74, 6) is -1.10. The maximum Gasteiger partial charge on any atom is 0.303 e. The second-order valence-corrected chi connectivity index (χ2v) is 13.2. The highest BCUT2D eigenvalue weighted by atomic mass is 32.1. The van der Waals surface area contributed by atoms with Gasteiger partial charge in [0.1, 0.15) is 17.4 Å². The summed E-state index contributed by atoms with van der Waals surface area (Å²) >= 11 is 1.67. The molecule has 0 amide bonds. The molecule has 1 atom stereocenters. The molecule has 0 spiro atoms. The largest absolute Gasteiger partial charge is 0.481 e. The van der Waals surface area contributed by atoms with Gasteiger partial charge in [0.15, 0.2) is 11.6 Å². The van der Waals surface area contributed by atoms with Crippen LogP contribution >= 0.6 is 11.3 Å². The van der Waals surface area contributed by atoms with Crippen molar-refractivity contribution in [3.8, 4) is 22.9 Å². The van der Waals surface area contributed by atoms with E-state index in [4.69, 9.17) is 9.72 Å². The molecule has 0 saturated heterocycles. The van der Waals surface area contributed by atoms with Gasteiger partial charge < -0.3 is 19.8 Å². The van der Waals surface area contributed by atoms with Crippen molar-refractivity contribution in [1.29, 1.82) is 0 Å². The van der Waals surface area contributed by atoms with Gasteiger partial charge in [-0.3, -0.25) is 4.79 Å². The van der Waals surface area contributed by atoms with E-state index in [9.17, 15) is 9.90 Å². The Hall–Kier alpha value is -4.83. The number of benzene rings is 3. The van der Waals surface area contributed by atoms with Gasteiger partial charge in [0.05, 0.1) is 10.6 Å². The number of nitrogens with one attached hydrogen (secondary N) is 2. The number of H-pyrrole nitrogens is 2. The number of carboxylic acid groups (broad SMARTS) is 1. The number of carbonyl (C=O) groups is 1. The van der Waals surface area contributed by atoms with Crippen molar-refractivity contribution in [2.75, 3.05) is 0 Å². The Kier molecular flexibility index (Phi) is 7.90. The molecule has 3 aromatic heterocycles. The number of imidazole rings is 1. The summed E-state index contributed by atoms with van der Waals surface area (Å²) in [7, 11) is 0. The molecule has 1 unspecified atom stereocenters. The lowest BCUT2D eigenvalue weighted by atomic mass is 9.75. The average molecular weight is 639 g/mol. The number of fused-ring (bicyclic) bond motifs is 10. The molecule has 7 rings (SSSR count). The molecular weight excluding hydrogens is 606 g/mol. The van der Waals surface area contributed by atoms with Crippen LogP contribution in [0.1, 0.15) is 58.5 Å². The fraction of sp³-hybridized carbons (Fsp3) is 0.250. The molecule has 3 aromatic carbocycles. The number of aryl methyl sites for hydroxylation is 4. The van der Waals surface area contributed by atoms with Crippen LogP contribution in [0.5, 0.6) is 11.5 Å². The third kappa shape index (κ3) is 5.80. The van der Waals surface area contributed by atoms with Crippen molar-refractivity contribution in [2.45, 2.75) is 57.3 Å². The van der Waals surface area contributed by atoms with E-state index < -0.39 is 23.0 Å². The fourth-order valence-electron chi connectivity index (χ4n) is 6.37. The van der Waals surface area contributed by atoms with Crippen molar-refractivity contribution in [2.24, 2.45) is 0 Å². The summed E-state index contributed by atoms with van der Waals surface area (Å²) in [6.45, 7) is 2.13. The standard InChI is InChI=1S/C36H32F2N4O3S/c1-36(22-5-2-4-21(16-22)7-12-33(43)44)14-3-6-24-19-40-32(46-24)11-9-26-25-13-15-39-30(25)18-29(38)34(26)45-23-8-10-28(37)27(17-23)35-41-20-31(36)42-35/h2,4-5,8,10,13,15-20,39H,3,6-7,9,11-12,14H2,1H3,(H,41,42)(H,43,44). The summed E-state index contributed by atoms with van der Waals surface area (Å²) < 4.78 is 37.1. The number of halogens is 2. The molecule has 0 radical (unpaired) electrons. The van der Waals surface area contributed by atoms with Crippen LogP contribution in [0, 0.1) is 11.6 Å². The van der Waals surface area contributed by atoms with Gasteiger partial charge in [-0.05, 0) is 74.4 Å². The minimum absolute atomic E-state index is 0.0458. The van der Waals surface area contributed by atoms with Gasteiger partial charge in [-0.15, -0.1) is 11.3 Å². The van der Waals surface area contributed by atoms with Crippen LogP contribution in [0.3, 0.4) is 0 Å². The van der Waals surface area contributed by atoms with Crippen LogP contribution in [0.4, 0.5) is 8.78 Å². The van der Waals surface area contributed by atoms with Crippen LogP contribution in [-0.4, -0.2) is 31.0 Å². The highest BCUT2D eigenvalue weighted by molar-refractivity contribution is 7.11. The van der Waals surface area contributed by atoms with E-state index in [-0.39, 0.29) is 23.5 Å². The van der Waals surface area contributed by atoms with Crippen molar-refractivity contribution in [3.05, 3.63) is 117 Å². The SMILES string of the molecule is CC1(c2cccc(CCC(=O)O)c2)CCCc2cnc(s2)CCc2c(c(F)cc3[nH]ccc23)Oc2ccc(F)c(c2)-c2ncc1[nH]2. The van der Waals surface area contributed by atoms with Crippen LogP contribution in [0.2, 0.25) is 0 Å². The highest BCUT2D eigenvalue weighted by Gasteiger charge is 2.32. The second kappa shape index (κ2) is 12.2. The number of rotatable bonds is 4. The third-order valence-electron chi connectivity index (χ3n) is 8.93. The molecule has 46 heavy (non-hydrogen) atoms.